The number of nitrogens with zero attached hydrogens (tertiary/aromatic N) is 1. The lowest BCUT2D eigenvalue weighted by molar-refractivity contribution is 0.117. The van der Waals surface area contributed by atoms with Gasteiger partial charge in [-0.2, -0.15) is 0 Å². The second kappa shape index (κ2) is 6.46. The van der Waals surface area contributed by atoms with Crippen LogP contribution in [0.3, 0.4) is 0 Å². The summed E-state index contributed by atoms with van der Waals surface area (Å²) in [5.74, 6) is 1.26. The molecule has 0 bridgehead atoms. The zero-order valence-electron chi connectivity index (χ0n) is 13.6. The summed E-state index contributed by atoms with van der Waals surface area (Å²) in [7, 11) is 0. The molecular formula is C21H25NO. The van der Waals surface area contributed by atoms with Crippen LogP contribution < -0.4 is 0 Å². The van der Waals surface area contributed by atoms with Gasteiger partial charge >= 0.3 is 0 Å². The first kappa shape index (κ1) is 14.9. The molecule has 0 radical (unpaired) electrons. The van der Waals surface area contributed by atoms with E-state index in [1.54, 1.807) is 0 Å². The Morgan fingerprint density at radius 3 is 2.65 bits per heavy atom. The van der Waals surface area contributed by atoms with E-state index in [0.29, 0.717) is 11.8 Å². The Bertz CT molecular complexity index is 654. The van der Waals surface area contributed by atoms with Gasteiger partial charge in [0.05, 0.1) is 6.10 Å². The molecule has 1 saturated heterocycles. The maximum absolute atomic E-state index is 10.4. The van der Waals surface area contributed by atoms with Gasteiger partial charge in [0.15, 0.2) is 0 Å². The van der Waals surface area contributed by atoms with Crippen molar-refractivity contribution in [2.45, 2.75) is 31.3 Å². The van der Waals surface area contributed by atoms with Crippen LogP contribution in [0.4, 0.5) is 0 Å². The summed E-state index contributed by atoms with van der Waals surface area (Å²) in [4.78, 5) is 2.60. The Balaban J connectivity index is 1.39. The van der Waals surface area contributed by atoms with Gasteiger partial charge in [0.2, 0.25) is 0 Å². The Morgan fingerprint density at radius 2 is 1.78 bits per heavy atom. The number of fused-ring (bicyclic) bond motifs is 1. The number of aliphatic hydroxyl groups is 1. The van der Waals surface area contributed by atoms with Gasteiger partial charge in [-0.3, -0.25) is 0 Å². The second-order valence-corrected chi connectivity index (χ2v) is 7.18. The van der Waals surface area contributed by atoms with E-state index < -0.39 is 0 Å². The minimum atomic E-state index is -0.280. The monoisotopic (exact) mass is 307 g/mol. The molecule has 2 aromatic carbocycles. The topological polar surface area (TPSA) is 23.5 Å². The highest BCUT2D eigenvalue weighted by Crippen LogP contribution is 2.35. The van der Waals surface area contributed by atoms with Crippen molar-refractivity contribution >= 4 is 0 Å². The Labute approximate surface area is 138 Å². The van der Waals surface area contributed by atoms with Gasteiger partial charge in [-0.15, -0.1) is 0 Å². The lowest BCUT2D eigenvalue weighted by atomic mass is 9.82. The van der Waals surface area contributed by atoms with Crippen LogP contribution in [0, 0.1) is 5.92 Å². The molecule has 0 saturated carbocycles. The van der Waals surface area contributed by atoms with Gasteiger partial charge in [0.1, 0.15) is 0 Å². The Hall–Kier alpha value is -1.64. The van der Waals surface area contributed by atoms with E-state index in [-0.39, 0.29) is 6.10 Å². The average molecular weight is 307 g/mol. The third-order valence-electron chi connectivity index (χ3n) is 5.54. The van der Waals surface area contributed by atoms with E-state index in [1.165, 1.54) is 24.1 Å². The van der Waals surface area contributed by atoms with E-state index in [9.17, 15) is 5.11 Å². The van der Waals surface area contributed by atoms with Crippen LogP contribution in [-0.2, 0) is 6.42 Å². The molecule has 1 heterocycles. The summed E-state index contributed by atoms with van der Waals surface area (Å²) >= 11 is 0. The van der Waals surface area contributed by atoms with Crippen molar-refractivity contribution in [3.63, 3.8) is 0 Å². The van der Waals surface area contributed by atoms with Crippen LogP contribution in [0.1, 0.15) is 41.6 Å². The standard InChI is InChI=1S/C21H25NO/c23-21-13-16(12-18-8-4-5-9-20(18)21)14-22-11-10-19(15-22)17-6-2-1-3-7-17/h1-9,16,19,21,23H,10-15H2. The van der Waals surface area contributed by atoms with Crippen molar-refractivity contribution in [2.75, 3.05) is 19.6 Å². The fourth-order valence-electron chi connectivity index (χ4n) is 4.38. The van der Waals surface area contributed by atoms with Gasteiger partial charge in [-0.1, -0.05) is 54.6 Å². The molecule has 0 amide bonds. The summed E-state index contributed by atoms with van der Waals surface area (Å²) in [6, 6.07) is 19.3. The van der Waals surface area contributed by atoms with E-state index in [0.717, 1.165) is 31.5 Å². The molecule has 2 aliphatic rings. The van der Waals surface area contributed by atoms with Crippen LogP contribution in [-0.4, -0.2) is 29.6 Å². The number of aliphatic hydroxyl groups excluding tert-OH is 1. The van der Waals surface area contributed by atoms with Crippen molar-refractivity contribution in [1.82, 2.24) is 4.90 Å². The average Bonchev–Trinajstić information content (AvgIpc) is 3.04. The molecule has 2 aromatic rings. The minimum absolute atomic E-state index is 0.280. The van der Waals surface area contributed by atoms with Crippen LogP contribution in [0.25, 0.3) is 0 Å². The minimum Gasteiger partial charge on any atom is -0.388 e. The SMILES string of the molecule is OC1CC(CN2CCC(c3ccccc3)C2)Cc2ccccc21. The summed E-state index contributed by atoms with van der Waals surface area (Å²) in [5.41, 5.74) is 3.96. The number of benzene rings is 2. The van der Waals surface area contributed by atoms with Crippen LogP contribution in [0.15, 0.2) is 54.6 Å². The molecule has 1 fully saturated rings. The van der Waals surface area contributed by atoms with Gasteiger partial charge in [0, 0.05) is 13.1 Å². The quantitative estimate of drug-likeness (QED) is 0.933. The molecule has 1 N–H and O–H groups in total. The van der Waals surface area contributed by atoms with Crippen molar-refractivity contribution < 1.29 is 5.11 Å². The second-order valence-electron chi connectivity index (χ2n) is 7.18. The number of likely N-dealkylation sites (tertiary alicyclic amines) is 1. The molecule has 1 aliphatic carbocycles. The van der Waals surface area contributed by atoms with Crippen LogP contribution in [0.2, 0.25) is 0 Å². The van der Waals surface area contributed by atoms with Gasteiger partial charge in [-0.05, 0) is 54.3 Å². The van der Waals surface area contributed by atoms with Crippen LogP contribution >= 0.6 is 0 Å². The summed E-state index contributed by atoms with van der Waals surface area (Å²) in [5, 5.41) is 10.4. The van der Waals surface area contributed by atoms with E-state index in [4.69, 9.17) is 0 Å². The smallest absolute Gasteiger partial charge is 0.0796 e. The van der Waals surface area contributed by atoms with Gasteiger partial charge in [-0.25, -0.2) is 0 Å². The molecule has 0 spiro atoms. The molecular weight excluding hydrogens is 282 g/mol. The molecule has 3 atom stereocenters. The maximum atomic E-state index is 10.4. The van der Waals surface area contributed by atoms with E-state index >= 15 is 0 Å². The lowest BCUT2D eigenvalue weighted by Crippen LogP contribution is -2.31. The van der Waals surface area contributed by atoms with Crippen molar-refractivity contribution in [3.8, 4) is 0 Å². The predicted molar refractivity (Wildman–Crippen MR) is 93.5 cm³/mol. The third-order valence-corrected chi connectivity index (χ3v) is 5.54. The van der Waals surface area contributed by atoms with E-state index in [1.807, 2.05) is 6.07 Å². The summed E-state index contributed by atoms with van der Waals surface area (Å²) in [6.45, 7) is 3.47. The molecule has 3 unspecified atom stereocenters. The number of rotatable bonds is 3. The molecule has 4 rings (SSSR count). The van der Waals surface area contributed by atoms with Crippen LogP contribution in [0.5, 0.6) is 0 Å². The van der Waals surface area contributed by atoms with Gasteiger partial charge < -0.3 is 10.0 Å². The Morgan fingerprint density at radius 1 is 1.00 bits per heavy atom. The zero-order chi connectivity index (χ0) is 15.6. The molecule has 1 aliphatic heterocycles. The molecule has 23 heavy (non-hydrogen) atoms. The third kappa shape index (κ3) is 3.19. The van der Waals surface area contributed by atoms with Crippen molar-refractivity contribution in [2.24, 2.45) is 5.92 Å². The van der Waals surface area contributed by atoms with Gasteiger partial charge in [0.25, 0.3) is 0 Å². The summed E-state index contributed by atoms with van der Waals surface area (Å²) < 4.78 is 0. The molecule has 2 heteroatoms. The first-order valence-electron chi connectivity index (χ1n) is 8.83. The first-order chi connectivity index (χ1) is 11.3. The first-order valence-corrected chi connectivity index (χ1v) is 8.83. The summed E-state index contributed by atoms with van der Waals surface area (Å²) in [6.07, 6.45) is 3.00. The van der Waals surface area contributed by atoms with Crippen molar-refractivity contribution in [1.29, 1.82) is 0 Å². The predicted octanol–water partition coefficient (Wildman–Crippen LogP) is 3.77. The van der Waals surface area contributed by atoms with E-state index in [2.05, 4.69) is 53.4 Å². The molecule has 120 valence electrons. The fourth-order valence-corrected chi connectivity index (χ4v) is 4.38. The number of hydrogen-bond donors (Lipinski definition) is 1. The maximum Gasteiger partial charge on any atom is 0.0796 e. The lowest BCUT2D eigenvalue weighted by Gasteiger charge is -2.31. The normalized spacial score (nSPS) is 27.8. The highest BCUT2D eigenvalue weighted by molar-refractivity contribution is 5.31. The number of hydrogen-bond acceptors (Lipinski definition) is 2. The highest BCUT2D eigenvalue weighted by atomic mass is 16.3. The molecule has 0 aromatic heterocycles. The molecule has 2 nitrogen and oxygen atoms in total. The zero-order valence-corrected chi connectivity index (χ0v) is 13.6. The Kier molecular flexibility index (Phi) is 4.19. The largest absolute Gasteiger partial charge is 0.388 e. The fraction of sp³-hybridized carbons (Fsp3) is 0.429. The van der Waals surface area contributed by atoms with Crippen molar-refractivity contribution in [3.05, 3.63) is 71.3 Å². The highest BCUT2D eigenvalue weighted by Gasteiger charge is 2.30.